The number of methoxy groups -OCH3 is 1. The van der Waals surface area contributed by atoms with E-state index in [-0.39, 0.29) is 5.82 Å². The molecule has 0 aliphatic heterocycles. The van der Waals surface area contributed by atoms with Crippen LogP contribution in [0.1, 0.15) is 25.3 Å². The zero-order chi connectivity index (χ0) is 13.1. The molecule has 0 saturated heterocycles. The predicted molar refractivity (Wildman–Crippen MR) is 71.4 cm³/mol. The number of hydrogen-bond donors (Lipinski definition) is 1. The lowest BCUT2D eigenvalue weighted by Crippen LogP contribution is -2.29. The molecule has 0 amide bonds. The lowest BCUT2D eigenvalue weighted by Gasteiger charge is -2.20. The van der Waals surface area contributed by atoms with Gasteiger partial charge in [0.25, 0.3) is 0 Å². The Labute approximate surface area is 109 Å². The molecule has 0 bridgehead atoms. The largest absolute Gasteiger partial charge is 0.494 e. The number of hydrogen-bond acceptors (Lipinski definition) is 2. The first kappa shape index (κ1) is 13.3. The minimum atomic E-state index is -0.194. The minimum absolute atomic E-state index is 0.194. The number of benzene rings is 1. The van der Waals surface area contributed by atoms with E-state index in [4.69, 9.17) is 4.74 Å². The van der Waals surface area contributed by atoms with E-state index in [0.29, 0.717) is 23.6 Å². The van der Waals surface area contributed by atoms with E-state index in [1.165, 1.54) is 20.0 Å². The van der Waals surface area contributed by atoms with Crippen LogP contribution in [0.5, 0.6) is 5.75 Å². The molecule has 1 N–H and O–H groups in total. The van der Waals surface area contributed by atoms with Crippen molar-refractivity contribution >= 4 is 0 Å². The van der Waals surface area contributed by atoms with Crippen molar-refractivity contribution in [3.63, 3.8) is 0 Å². The molecule has 0 aromatic heterocycles. The van der Waals surface area contributed by atoms with Gasteiger partial charge in [0, 0.05) is 6.04 Å². The third-order valence-corrected chi connectivity index (χ3v) is 4.34. The summed E-state index contributed by atoms with van der Waals surface area (Å²) in [5.74, 6) is 1.31. The van der Waals surface area contributed by atoms with Gasteiger partial charge in [0.15, 0.2) is 11.6 Å². The summed E-state index contributed by atoms with van der Waals surface area (Å²) in [6.07, 6.45) is 3.17. The number of rotatable bonds is 4. The van der Waals surface area contributed by atoms with E-state index in [0.717, 1.165) is 12.0 Å². The van der Waals surface area contributed by atoms with Gasteiger partial charge in [0.1, 0.15) is 0 Å². The van der Waals surface area contributed by atoms with Crippen LogP contribution in [0.25, 0.3) is 0 Å². The van der Waals surface area contributed by atoms with Gasteiger partial charge in [0.05, 0.1) is 7.11 Å². The predicted octanol–water partition coefficient (Wildman–Crippen LogP) is 3.01. The zero-order valence-electron chi connectivity index (χ0n) is 11.4. The van der Waals surface area contributed by atoms with Crippen LogP contribution < -0.4 is 10.1 Å². The first-order chi connectivity index (χ1) is 8.67. The third kappa shape index (κ3) is 2.51. The van der Waals surface area contributed by atoms with Gasteiger partial charge in [-0.25, -0.2) is 4.39 Å². The van der Waals surface area contributed by atoms with E-state index < -0.39 is 0 Å². The van der Waals surface area contributed by atoms with E-state index in [2.05, 4.69) is 12.2 Å². The summed E-state index contributed by atoms with van der Waals surface area (Å²) >= 11 is 0. The van der Waals surface area contributed by atoms with Crippen LogP contribution in [0, 0.1) is 17.7 Å². The maximum absolute atomic E-state index is 14.1. The molecule has 0 heterocycles. The molecular formula is C15H22FNO. The molecule has 1 aliphatic carbocycles. The average Bonchev–Trinajstić information content (AvgIpc) is 2.73. The van der Waals surface area contributed by atoms with Crippen molar-refractivity contribution in [2.45, 2.75) is 32.2 Å². The van der Waals surface area contributed by atoms with Gasteiger partial charge >= 0.3 is 0 Å². The summed E-state index contributed by atoms with van der Waals surface area (Å²) in [5.41, 5.74) is 0.781. The Hall–Kier alpha value is -1.09. The Kier molecular flexibility index (Phi) is 4.23. The van der Waals surface area contributed by atoms with Gasteiger partial charge in [-0.2, -0.15) is 0 Å². The number of nitrogens with one attached hydrogen (secondary N) is 1. The lowest BCUT2D eigenvalue weighted by molar-refractivity contribution is 0.353. The molecule has 0 spiro atoms. The minimum Gasteiger partial charge on any atom is -0.494 e. The highest BCUT2D eigenvalue weighted by Crippen LogP contribution is 2.35. The van der Waals surface area contributed by atoms with Crippen LogP contribution >= 0.6 is 0 Å². The molecule has 3 heteroatoms. The van der Waals surface area contributed by atoms with E-state index >= 15 is 0 Å². The fourth-order valence-corrected chi connectivity index (χ4v) is 3.10. The Morgan fingerprint density at radius 3 is 2.78 bits per heavy atom. The molecule has 3 atom stereocenters. The highest BCUT2D eigenvalue weighted by molar-refractivity contribution is 5.31. The molecule has 1 aromatic carbocycles. The second-order valence-electron chi connectivity index (χ2n) is 5.23. The summed E-state index contributed by atoms with van der Waals surface area (Å²) in [4.78, 5) is 0. The van der Waals surface area contributed by atoms with Crippen LogP contribution in [-0.2, 0) is 6.42 Å². The zero-order valence-corrected chi connectivity index (χ0v) is 11.4. The van der Waals surface area contributed by atoms with Gasteiger partial charge in [0.2, 0.25) is 0 Å². The van der Waals surface area contributed by atoms with Crippen molar-refractivity contribution in [2.75, 3.05) is 14.2 Å². The topological polar surface area (TPSA) is 21.3 Å². The van der Waals surface area contributed by atoms with Crippen molar-refractivity contribution in [1.29, 1.82) is 0 Å². The van der Waals surface area contributed by atoms with Gasteiger partial charge in [-0.1, -0.05) is 19.1 Å². The monoisotopic (exact) mass is 251 g/mol. The maximum atomic E-state index is 14.1. The van der Waals surface area contributed by atoms with Crippen molar-refractivity contribution in [3.8, 4) is 5.75 Å². The molecule has 1 aromatic rings. The number of halogens is 1. The normalized spacial score (nSPS) is 27.4. The molecule has 3 unspecified atom stereocenters. The van der Waals surface area contributed by atoms with Gasteiger partial charge in [-0.15, -0.1) is 0 Å². The Morgan fingerprint density at radius 1 is 1.39 bits per heavy atom. The van der Waals surface area contributed by atoms with E-state index in [1.54, 1.807) is 6.07 Å². The van der Waals surface area contributed by atoms with Crippen LogP contribution in [0.2, 0.25) is 0 Å². The van der Waals surface area contributed by atoms with Crippen LogP contribution in [0.15, 0.2) is 18.2 Å². The molecule has 2 rings (SSSR count). The third-order valence-electron chi connectivity index (χ3n) is 4.34. The van der Waals surface area contributed by atoms with E-state index in [1.807, 2.05) is 19.2 Å². The SMILES string of the molecule is CNC1CCC(Cc2cccc(OC)c2F)C1C. The second kappa shape index (κ2) is 5.70. The number of ether oxygens (including phenoxy) is 1. The van der Waals surface area contributed by atoms with Crippen molar-refractivity contribution in [1.82, 2.24) is 5.32 Å². The van der Waals surface area contributed by atoms with Crippen LogP contribution in [0.4, 0.5) is 4.39 Å². The Morgan fingerprint density at radius 2 is 2.17 bits per heavy atom. The summed E-state index contributed by atoms with van der Waals surface area (Å²) < 4.78 is 19.1. The first-order valence-corrected chi connectivity index (χ1v) is 6.66. The quantitative estimate of drug-likeness (QED) is 0.888. The van der Waals surface area contributed by atoms with Gasteiger partial charge in [-0.05, 0) is 49.8 Å². The smallest absolute Gasteiger partial charge is 0.168 e. The standard InChI is InChI=1S/C15H22FNO/c1-10-11(7-8-13(10)17-2)9-12-5-4-6-14(18-3)15(12)16/h4-6,10-11,13,17H,7-9H2,1-3H3. The highest BCUT2D eigenvalue weighted by Gasteiger charge is 2.32. The molecule has 1 aliphatic rings. The summed E-state index contributed by atoms with van der Waals surface area (Å²) in [6, 6.07) is 5.99. The second-order valence-corrected chi connectivity index (χ2v) is 5.23. The summed E-state index contributed by atoms with van der Waals surface area (Å²) in [7, 11) is 3.52. The molecule has 1 fully saturated rings. The fraction of sp³-hybridized carbons (Fsp3) is 0.600. The van der Waals surface area contributed by atoms with Crippen molar-refractivity contribution < 1.29 is 9.13 Å². The molecule has 100 valence electrons. The molecule has 18 heavy (non-hydrogen) atoms. The lowest BCUT2D eigenvalue weighted by atomic mass is 9.89. The molecule has 1 saturated carbocycles. The molecular weight excluding hydrogens is 229 g/mol. The first-order valence-electron chi connectivity index (χ1n) is 6.66. The summed E-state index contributed by atoms with van der Waals surface area (Å²) in [6.45, 7) is 2.26. The van der Waals surface area contributed by atoms with Crippen LogP contribution in [0.3, 0.4) is 0 Å². The van der Waals surface area contributed by atoms with Gasteiger partial charge < -0.3 is 10.1 Å². The van der Waals surface area contributed by atoms with Crippen LogP contribution in [-0.4, -0.2) is 20.2 Å². The highest BCUT2D eigenvalue weighted by atomic mass is 19.1. The van der Waals surface area contributed by atoms with Crippen molar-refractivity contribution in [3.05, 3.63) is 29.6 Å². The summed E-state index contributed by atoms with van der Waals surface area (Å²) in [5, 5.41) is 3.35. The van der Waals surface area contributed by atoms with Gasteiger partial charge in [-0.3, -0.25) is 0 Å². The Balaban J connectivity index is 2.11. The molecule has 0 radical (unpaired) electrons. The Bertz CT molecular complexity index is 407. The maximum Gasteiger partial charge on any atom is 0.168 e. The fourth-order valence-electron chi connectivity index (χ4n) is 3.10. The van der Waals surface area contributed by atoms with Crippen molar-refractivity contribution in [2.24, 2.45) is 11.8 Å². The average molecular weight is 251 g/mol. The molecule has 2 nitrogen and oxygen atoms in total. The van der Waals surface area contributed by atoms with E-state index in [9.17, 15) is 4.39 Å².